The maximum Gasteiger partial charge on any atom is 0.270 e. The summed E-state index contributed by atoms with van der Waals surface area (Å²) in [5, 5.41) is 2.80. The van der Waals surface area contributed by atoms with Gasteiger partial charge in [-0.15, -0.1) is 0 Å². The number of aromatic amines is 1. The molecular weight excluding hydrogens is 202 g/mol. The van der Waals surface area contributed by atoms with E-state index < -0.39 is 0 Å². The van der Waals surface area contributed by atoms with Gasteiger partial charge in [-0.3, -0.25) is 4.79 Å². The third-order valence-electron chi connectivity index (χ3n) is 2.22. The van der Waals surface area contributed by atoms with Crippen LogP contribution in [0.5, 0.6) is 0 Å². The fraction of sp³-hybridized carbons (Fsp3) is 0.167. The van der Waals surface area contributed by atoms with Crippen LogP contribution in [-0.4, -0.2) is 15.9 Å². The van der Waals surface area contributed by atoms with Gasteiger partial charge in [0.15, 0.2) is 0 Å². The lowest BCUT2D eigenvalue weighted by Crippen LogP contribution is -2.24. The Morgan fingerprint density at radius 1 is 1.38 bits per heavy atom. The number of nitrogens with one attached hydrogen (secondary N) is 2. The SMILES string of the molecule is Cc1cccc(C(=O)NCc2ccc[nH]2)n1. The number of pyridine rings is 1. The molecule has 2 N–H and O–H groups in total. The summed E-state index contributed by atoms with van der Waals surface area (Å²) in [6.07, 6.45) is 1.83. The molecule has 0 aliphatic heterocycles. The number of amides is 1. The van der Waals surface area contributed by atoms with Gasteiger partial charge >= 0.3 is 0 Å². The lowest BCUT2D eigenvalue weighted by atomic mass is 10.3. The Kier molecular flexibility index (Phi) is 3.00. The molecule has 0 radical (unpaired) electrons. The van der Waals surface area contributed by atoms with Crippen molar-refractivity contribution in [3.63, 3.8) is 0 Å². The van der Waals surface area contributed by atoms with E-state index in [1.54, 1.807) is 6.07 Å². The maximum atomic E-state index is 11.7. The summed E-state index contributed by atoms with van der Waals surface area (Å²) < 4.78 is 0. The van der Waals surface area contributed by atoms with Crippen LogP contribution in [0.3, 0.4) is 0 Å². The monoisotopic (exact) mass is 215 g/mol. The number of aromatic nitrogens is 2. The highest BCUT2D eigenvalue weighted by Crippen LogP contribution is 1.99. The molecule has 0 aromatic carbocycles. The minimum atomic E-state index is -0.154. The molecule has 0 saturated heterocycles. The Labute approximate surface area is 93.7 Å². The summed E-state index contributed by atoms with van der Waals surface area (Å²) in [6, 6.07) is 9.21. The van der Waals surface area contributed by atoms with E-state index in [-0.39, 0.29) is 5.91 Å². The zero-order chi connectivity index (χ0) is 11.4. The van der Waals surface area contributed by atoms with Crippen molar-refractivity contribution in [2.75, 3.05) is 0 Å². The first-order chi connectivity index (χ1) is 7.75. The molecule has 0 aliphatic rings. The first kappa shape index (κ1) is 10.4. The molecular formula is C12H13N3O. The molecule has 0 fully saturated rings. The van der Waals surface area contributed by atoms with Gasteiger partial charge in [-0.05, 0) is 31.2 Å². The number of H-pyrrole nitrogens is 1. The van der Waals surface area contributed by atoms with Crippen molar-refractivity contribution in [2.24, 2.45) is 0 Å². The fourth-order valence-electron chi connectivity index (χ4n) is 1.41. The van der Waals surface area contributed by atoms with Crippen LogP contribution >= 0.6 is 0 Å². The number of nitrogens with zero attached hydrogens (tertiary/aromatic N) is 1. The largest absolute Gasteiger partial charge is 0.364 e. The molecule has 16 heavy (non-hydrogen) atoms. The van der Waals surface area contributed by atoms with Gasteiger partial charge in [-0.1, -0.05) is 6.07 Å². The van der Waals surface area contributed by atoms with Crippen molar-refractivity contribution in [2.45, 2.75) is 13.5 Å². The van der Waals surface area contributed by atoms with Crippen molar-refractivity contribution in [1.82, 2.24) is 15.3 Å². The van der Waals surface area contributed by atoms with Gasteiger partial charge in [0.05, 0.1) is 6.54 Å². The standard InChI is InChI=1S/C12H13N3O/c1-9-4-2-6-11(15-9)12(16)14-8-10-5-3-7-13-10/h2-7,13H,8H2,1H3,(H,14,16). The van der Waals surface area contributed by atoms with Gasteiger partial charge < -0.3 is 10.3 Å². The van der Waals surface area contributed by atoms with E-state index in [2.05, 4.69) is 15.3 Å². The first-order valence-corrected chi connectivity index (χ1v) is 5.10. The number of hydrogen-bond donors (Lipinski definition) is 2. The van der Waals surface area contributed by atoms with Gasteiger partial charge in [0, 0.05) is 17.6 Å². The highest BCUT2D eigenvalue weighted by atomic mass is 16.1. The lowest BCUT2D eigenvalue weighted by Gasteiger charge is -2.03. The summed E-state index contributed by atoms with van der Waals surface area (Å²) in [5.41, 5.74) is 2.26. The predicted octanol–water partition coefficient (Wildman–Crippen LogP) is 1.65. The van der Waals surface area contributed by atoms with Crippen LogP contribution < -0.4 is 5.32 Å². The average Bonchev–Trinajstić information content (AvgIpc) is 2.78. The average molecular weight is 215 g/mol. The molecule has 82 valence electrons. The van der Waals surface area contributed by atoms with E-state index >= 15 is 0 Å². The number of aryl methyl sites for hydroxylation is 1. The molecule has 4 heteroatoms. The summed E-state index contributed by atoms with van der Waals surface area (Å²) in [7, 11) is 0. The fourth-order valence-corrected chi connectivity index (χ4v) is 1.41. The van der Waals surface area contributed by atoms with Crippen LogP contribution in [0, 0.1) is 6.92 Å². The molecule has 2 heterocycles. The van der Waals surface area contributed by atoms with Crippen molar-refractivity contribution in [3.8, 4) is 0 Å². The van der Waals surface area contributed by atoms with Crippen molar-refractivity contribution in [1.29, 1.82) is 0 Å². The predicted molar refractivity (Wildman–Crippen MR) is 60.9 cm³/mol. The van der Waals surface area contributed by atoms with Gasteiger partial charge in [0.1, 0.15) is 5.69 Å². The summed E-state index contributed by atoms with van der Waals surface area (Å²) in [4.78, 5) is 18.9. The van der Waals surface area contributed by atoms with Crippen molar-refractivity contribution >= 4 is 5.91 Å². The third kappa shape index (κ3) is 2.48. The first-order valence-electron chi connectivity index (χ1n) is 5.10. The summed E-state index contributed by atoms with van der Waals surface area (Å²) in [5.74, 6) is -0.154. The minimum absolute atomic E-state index is 0.154. The van der Waals surface area contributed by atoms with Gasteiger partial charge in [-0.25, -0.2) is 4.98 Å². The van der Waals surface area contributed by atoms with Crippen molar-refractivity contribution in [3.05, 3.63) is 53.6 Å². The smallest absolute Gasteiger partial charge is 0.270 e. The molecule has 0 aliphatic carbocycles. The second-order valence-corrected chi connectivity index (χ2v) is 3.54. The molecule has 0 saturated carbocycles. The van der Waals surface area contributed by atoms with E-state index in [9.17, 15) is 4.79 Å². The van der Waals surface area contributed by atoms with Crippen LogP contribution in [0.15, 0.2) is 36.5 Å². The molecule has 2 aromatic heterocycles. The molecule has 4 nitrogen and oxygen atoms in total. The van der Waals surface area contributed by atoms with Crippen LogP contribution in [-0.2, 0) is 6.54 Å². The van der Waals surface area contributed by atoms with E-state index in [0.717, 1.165) is 11.4 Å². The zero-order valence-electron chi connectivity index (χ0n) is 9.03. The molecule has 0 spiro atoms. The highest BCUT2D eigenvalue weighted by molar-refractivity contribution is 5.92. The number of carbonyl (C=O) groups excluding carboxylic acids is 1. The minimum Gasteiger partial charge on any atom is -0.364 e. The quantitative estimate of drug-likeness (QED) is 0.817. The van der Waals surface area contributed by atoms with Crippen LogP contribution in [0.25, 0.3) is 0 Å². The Morgan fingerprint density at radius 3 is 2.94 bits per heavy atom. The van der Waals surface area contributed by atoms with Crippen LogP contribution in [0.1, 0.15) is 21.9 Å². The Morgan fingerprint density at radius 2 is 2.25 bits per heavy atom. The normalized spacial score (nSPS) is 10.1. The number of carbonyl (C=O) groups is 1. The second-order valence-electron chi connectivity index (χ2n) is 3.54. The Bertz CT molecular complexity index is 477. The van der Waals surface area contributed by atoms with Crippen molar-refractivity contribution < 1.29 is 4.79 Å². The van der Waals surface area contributed by atoms with E-state index in [0.29, 0.717) is 12.2 Å². The molecule has 2 rings (SSSR count). The number of rotatable bonds is 3. The molecule has 0 atom stereocenters. The molecule has 0 unspecified atom stereocenters. The Balaban J connectivity index is 1.98. The maximum absolute atomic E-state index is 11.7. The topological polar surface area (TPSA) is 57.8 Å². The summed E-state index contributed by atoms with van der Waals surface area (Å²) in [6.45, 7) is 2.35. The van der Waals surface area contributed by atoms with Crippen LogP contribution in [0.4, 0.5) is 0 Å². The van der Waals surface area contributed by atoms with E-state index in [1.165, 1.54) is 0 Å². The molecule has 1 amide bonds. The Hall–Kier alpha value is -2.10. The van der Waals surface area contributed by atoms with Gasteiger partial charge in [-0.2, -0.15) is 0 Å². The molecule has 2 aromatic rings. The van der Waals surface area contributed by atoms with E-state index in [1.807, 2.05) is 37.4 Å². The number of hydrogen-bond acceptors (Lipinski definition) is 2. The second kappa shape index (κ2) is 4.61. The third-order valence-corrected chi connectivity index (χ3v) is 2.22. The van der Waals surface area contributed by atoms with Crippen LogP contribution in [0.2, 0.25) is 0 Å². The summed E-state index contributed by atoms with van der Waals surface area (Å²) >= 11 is 0. The zero-order valence-corrected chi connectivity index (χ0v) is 9.03. The van der Waals surface area contributed by atoms with Gasteiger partial charge in [0.2, 0.25) is 0 Å². The molecule has 0 bridgehead atoms. The highest BCUT2D eigenvalue weighted by Gasteiger charge is 2.06. The lowest BCUT2D eigenvalue weighted by molar-refractivity contribution is 0.0945. The van der Waals surface area contributed by atoms with Gasteiger partial charge in [0.25, 0.3) is 5.91 Å². The van der Waals surface area contributed by atoms with E-state index in [4.69, 9.17) is 0 Å².